The zero-order chi connectivity index (χ0) is 12.7. The summed E-state index contributed by atoms with van der Waals surface area (Å²) >= 11 is 1.84. The Labute approximate surface area is 112 Å². The van der Waals surface area contributed by atoms with Gasteiger partial charge in [0.25, 0.3) is 0 Å². The van der Waals surface area contributed by atoms with Gasteiger partial charge in [-0.25, -0.2) is 4.98 Å². The molecule has 94 valence electrons. The first-order valence-electron chi connectivity index (χ1n) is 6.42. The monoisotopic (exact) mass is 258 g/mol. The number of nitrogens with one attached hydrogen (secondary N) is 1. The summed E-state index contributed by atoms with van der Waals surface area (Å²) in [5, 5.41) is 4.60. The van der Waals surface area contributed by atoms with Crippen LogP contribution in [0, 0.1) is 20.8 Å². The van der Waals surface area contributed by atoms with E-state index < -0.39 is 0 Å². The van der Waals surface area contributed by atoms with Crippen LogP contribution in [0.15, 0.2) is 12.1 Å². The Morgan fingerprint density at radius 3 is 2.67 bits per heavy atom. The fourth-order valence-corrected chi connectivity index (χ4v) is 3.59. The fourth-order valence-electron chi connectivity index (χ4n) is 2.43. The molecule has 1 aliphatic rings. The molecule has 1 N–H and O–H groups in total. The highest BCUT2D eigenvalue weighted by atomic mass is 32.1. The van der Waals surface area contributed by atoms with Crippen LogP contribution in [0.2, 0.25) is 0 Å². The molecule has 1 aliphatic heterocycles. The standard InChI is InChI=1S/C15H18N2S/c1-9-6-11(3)12(7-10(9)2)15-17-13-4-5-16-8-14(13)18-15/h6-7,16H,4-5,8H2,1-3H3. The summed E-state index contributed by atoms with van der Waals surface area (Å²) < 4.78 is 0. The van der Waals surface area contributed by atoms with Crippen LogP contribution in [0.5, 0.6) is 0 Å². The van der Waals surface area contributed by atoms with Crippen molar-refractivity contribution in [2.24, 2.45) is 0 Å². The van der Waals surface area contributed by atoms with Gasteiger partial charge < -0.3 is 5.32 Å². The third-order valence-corrected chi connectivity index (χ3v) is 4.80. The van der Waals surface area contributed by atoms with Crippen molar-refractivity contribution in [1.29, 1.82) is 0 Å². The summed E-state index contributed by atoms with van der Waals surface area (Å²) in [4.78, 5) is 6.24. The van der Waals surface area contributed by atoms with Crippen molar-refractivity contribution in [2.75, 3.05) is 6.54 Å². The number of fused-ring (bicyclic) bond motifs is 1. The van der Waals surface area contributed by atoms with E-state index in [1.54, 1.807) is 0 Å². The first-order valence-corrected chi connectivity index (χ1v) is 7.24. The largest absolute Gasteiger partial charge is 0.311 e. The molecule has 0 saturated heterocycles. The molecule has 0 fully saturated rings. The van der Waals surface area contributed by atoms with Gasteiger partial charge in [-0.3, -0.25) is 0 Å². The third-order valence-electron chi connectivity index (χ3n) is 3.67. The van der Waals surface area contributed by atoms with Gasteiger partial charge in [0.2, 0.25) is 0 Å². The molecule has 0 bridgehead atoms. The molecule has 0 unspecified atom stereocenters. The molecule has 0 atom stereocenters. The van der Waals surface area contributed by atoms with Crippen LogP contribution < -0.4 is 5.32 Å². The summed E-state index contributed by atoms with van der Waals surface area (Å²) in [6.07, 6.45) is 1.07. The van der Waals surface area contributed by atoms with Gasteiger partial charge in [-0.1, -0.05) is 6.07 Å². The Hall–Kier alpha value is -1.19. The molecule has 1 aromatic heterocycles. The van der Waals surface area contributed by atoms with Crippen molar-refractivity contribution in [3.8, 4) is 10.6 Å². The molecule has 3 heteroatoms. The van der Waals surface area contributed by atoms with Crippen molar-refractivity contribution in [3.63, 3.8) is 0 Å². The third kappa shape index (κ3) is 1.98. The molecule has 18 heavy (non-hydrogen) atoms. The van der Waals surface area contributed by atoms with E-state index in [4.69, 9.17) is 4.98 Å². The second-order valence-corrected chi connectivity index (χ2v) is 6.15. The van der Waals surface area contributed by atoms with Gasteiger partial charge in [0.05, 0.1) is 5.69 Å². The first-order chi connectivity index (χ1) is 8.65. The van der Waals surface area contributed by atoms with Crippen LogP contribution in [-0.2, 0) is 13.0 Å². The zero-order valence-corrected chi connectivity index (χ0v) is 11.9. The summed E-state index contributed by atoms with van der Waals surface area (Å²) in [6.45, 7) is 8.57. The molecule has 2 aromatic rings. The second kappa shape index (κ2) is 4.48. The molecule has 3 rings (SSSR count). The molecule has 0 aliphatic carbocycles. The van der Waals surface area contributed by atoms with E-state index in [1.807, 2.05) is 11.3 Å². The number of hydrogen-bond acceptors (Lipinski definition) is 3. The van der Waals surface area contributed by atoms with E-state index in [-0.39, 0.29) is 0 Å². The number of nitrogens with zero attached hydrogens (tertiary/aromatic N) is 1. The normalized spacial score (nSPS) is 14.6. The summed E-state index contributed by atoms with van der Waals surface area (Å²) in [5.74, 6) is 0. The SMILES string of the molecule is Cc1cc(C)c(-c2nc3c(s2)CNCC3)cc1C. The molecule has 0 spiro atoms. The average molecular weight is 258 g/mol. The van der Waals surface area contributed by atoms with Gasteiger partial charge in [0.15, 0.2) is 0 Å². The van der Waals surface area contributed by atoms with Crippen molar-refractivity contribution in [1.82, 2.24) is 10.3 Å². The van der Waals surface area contributed by atoms with Gasteiger partial charge in [-0.2, -0.15) is 0 Å². The van der Waals surface area contributed by atoms with Gasteiger partial charge in [0.1, 0.15) is 5.01 Å². The number of aryl methyl sites for hydroxylation is 3. The Bertz CT molecular complexity index is 575. The van der Waals surface area contributed by atoms with E-state index in [0.29, 0.717) is 0 Å². The predicted molar refractivity (Wildman–Crippen MR) is 77.2 cm³/mol. The molecular weight excluding hydrogens is 240 g/mol. The van der Waals surface area contributed by atoms with Gasteiger partial charge in [-0.15, -0.1) is 11.3 Å². The molecule has 0 radical (unpaired) electrons. The summed E-state index contributed by atoms with van der Waals surface area (Å²) in [7, 11) is 0. The van der Waals surface area contributed by atoms with Crippen LogP contribution in [0.3, 0.4) is 0 Å². The van der Waals surface area contributed by atoms with E-state index in [0.717, 1.165) is 19.5 Å². The minimum atomic E-state index is 0.983. The van der Waals surface area contributed by atoms with Crippen molar-refractivity contribution in [2.45, 2.75) is 33.7 Å². The second-order valence-electron chi connectivity index (χ2n) is 5.07. The lowest BCUT2D eigenvalue weighted by Crippen LogP contribution is -2.22. The quantitative estimate of drug-likeness (QED) is 0.848. The smallest absolute Gasteiger partial charge is 0.124 e. The van der Waals surface area contributed by atoms with Crippen LogP contribution >= 0.6 is 11.3 Å². The molecule has 0 saturated carbocycles. The lowest BCUT2D eigenvalue weighted by atomic mass is 10.0. The first kappa shape index (κ1) is 11.9. The lowest BCUT2D eigenvalue weighted by molar-refractivity contribution is 0.644. The number of benzene rings is 1. The minimum Gasteiger partial charge on any atom is -0.311 e. The van der Waals surface area contributed by atoms with Crippen LogP contribution in [0.1, 0.15) is 27.3 Å². The van der Waals surface area contributed by atoms with Crippen LogP contribution in [0.25, 0.3) is 10.6 Å². The summed E-state index contributed by atoms with van der Waals surface area (Å²) in [5.41, 5.74) is 6.64. The predicted octanol–water partition coefficient (Wildman–Crippen LogP) is 3.38. The highest BCUT2D eigenvalue weighted by Gasteiger charge is 2.16. The molecule has 1 aromatic carbocycles. The highest BCUT2D eigenvalue weighted by Crippen LogP contribution is 2.33. The van der Waals surface area contributed by atoms with E-state index in [9.17, 15) is 0 Å². The van der Waals surface area contributed by atoms with Crippen LogP contribution in [-0.4, -0.2) is 11.5 Å². The Balaban J connectivity index is 2.09. The zero-order valence-electron chi connectivity index (χ0n) is 11.1. The number of thiazole rings is 1. The topological polar surface area (TPSA) is 24.9 Å². The maximum Gasteiger partial charge on any atom is 0.124 e. The number of hydrogen-bond donors (Lipinski definition) is 1. The maximum atomic E-state index is 4.83. The maximum absolute atomic E-state index is 4.83. The molecule has 0 amide bonds. The van der Waals surface area contributed by atoms with E-state index >= 15 is 0 Å². The minimum absolute atomic E-state index is 0.983. The van der Waals surface area contributed by atoms with Gasteiger partial charge >= 0.3 is 0 Å². The van der Waals surface area contributed by atoms with Crippen molar-refractivity contribution in [3.05, 3.63) is 39.4 Å². The summed E-state index contributed by atoms with van der Waals surface area (Å²) in [6, 6.07) is 4.55. The van der Waals surface area contributed by atoms with Crippen LogP contribution in [0.4, 0.5) is 0 Å². The Morgan fingerprint density at radius 2 is 1.89 bits per heavy atom. The van der Waals surface area contributed by atoms with Gasteiger partial charge in [-0.05, 0) is 43.5 Å². The Kier molecular flexibility index (Phi) is 2.96. The molecular formula is C15H18N2S. The number of aromatic nitrogens is 1. The van der Waals surface area contributed by atoms with Crippen molar-refractivity contribution < 1.29 is 0 Å². The van der Waals surface area contributed by atoms with E-state index in [1.165, 1.54) is 37.8 Å². The van der Waals surface area contributed by atoms with Gasteiger partial charge in [0, 0.05) is 30.0 Å². The fraction of sp³-hybridized carbons (Fsp3) is 0.400. The molecule has 2 nitrogen and oxygen atoms in total. The highest BCUT2D eigenvalue weighted by molar-refractivity contribution is 7.15. The Morgan fingerprint density at radius 1 is 1.11 bits per heavy atom. The average Bonchev–Trinajstić information content (AvgIpc) is 2.77. The van der Waals surface area contributed by atoms with Crippen molar-refractivity contribution >= 4 is 11.3 Å². The van der Waals surface area contributed by atoms with E-state index in [2.05, 4.69) is 38.2 Å². The lowest BCUT2D eigenvalue weighted by Gasteiger charge is -2.09. The molecule has 2 heterocycles. The number of rotatable bonds is 1.